The Hall–Kier alpha value is -3.52. The molecule has 5 atom stereocenters. The number of imidazole rings is 1. The number of nitrogens with one attached hydrogen (secondary N) is 4. The highest BCUT2D eigenvalue weighted by Gasteiger charge is 2.32. The van der Waals surface area contributed by atoms with Crippen LogP contribution >= 0.6 is 0 Å². The number of amides is 4. The number of aromatic amines is 1. The van der Waals surface area contributed by atoms with Gasteiger partial charge in [0, 0.05) is 18.3 Å². The van der Waals surface area contributed by atoms with E-state index >= 15 is 0 Å². The molecule has 0 spiro atoms. The molecule has 34 heavy (non-hydrogen) atoms. The Kier molecular flexibility index (Phi) is 11.1. The number of aliphatic hydroxyl groups excluding tert-OH is 1. The van der Waals surface area contributed by atoms with E-state index in [2.05, 4.69) is 25.9 Å². The summed E-state index contributed by atoms with van der Waals surface area (Å²) in [7, 11) is 0. The molecule has 14 heteroatoms. The van der Waals surface area contributed by atoms with Crippen molar-refractivity contribution in [3.05, 3.63) is 18.2 Å². The van der Waals surface area contributed by atoms with Gasteiger partial charge in [0.15, 0.2) is 6.04 Å². The van der Waals surface area contributed by atoms with Gasteiger partial charge in [0.1, 0.15) is 12.1 Å². The summed E-state index contributed by atoms with van der Waals surface area (Å²) >= 11 is 0. The first kappa shape index (κ1) is 28.5. The molecule has 0 aromatic carbocycles. The molecular weight excluding hydrogens is 450 g/mol. The van der Waals surface area contributed by atoms with Gasteiger partial charge in [-0.25, -0.2) is 9.78 Å². The maximum absolute atomic E-state index is 12.9. The zero-order chi connectivity index (χ0) is 26.0. The lowest BCUT2D eigenvalue weighted by atomic mass is 10.0. The molecule has 0 saturated carbocycles. The Morgan fingerprint density at radius 1 is 1.03 bits per heavy atom. The molecule has 1 aromatic rings. The van der Waals surface area contributed by atoms with Crippen LogP contribution in [0.15, 0.2) is 12.5 Å². The Labute approximate surface area is 196 Å². The van der Waals surface area contributed by atoms with Crippen LogP contribution in [0.5, 0.6) is 0 Å². The molecule has 0 radical (unpaired) electrons. The molecule has 14 nitrogen and oxygen atoms in total. The molecule has 0 fully saturated rings. The highest BCUT2D eigenvalue weighted by Crippen LogP contribution is 2.08. The molecule has 0 aliphatic rings. The van der Waals surface area contributed by atoms with Crippen LogP contribution < -0.4 is 27.4 Å². The summed E-state index contributed by atoms with van der Waals surface area (Å²) in [6.45, 7) is 4.74. The van der Waals surface area contributed by atoms with Gasteiger partial charge in [-0.1, -0.05) is 13.8 Å². The first-order valence-corrected chi connectivity index (χ1v) is 10.6. The van der Waals surface area contributed by atoms with Gasteiger partial charge in [-0.15, -0.1) is 0 Å². The molecule has 0 aliphatic heterocycles. The van der Waals surface area contributed by atoms with Gasteiger partial charge in [-0.3, -0.25) is 19.2 Å². The summed E-state index contributed by atoms with van der Waals surface area (Å²) in [4.78, 5) is 67.4. The van der Waals surface area contributed by atoms with Gasteiger partial charge in [0.2, 0.25) is 23.6 Å². The zero-order valence-corrected chi connectivity index (χ0v) is 19.3. The monoisotopic (exact) mass is 483 g/mol. The van der Waals surface area contributed by atoms with E-state index in [0.717, 1.165) is 0 Å². The van der Waals surface area contributed by atoms with Crippen LogP contribution in [0, 0.1) is 5.92 Å². The Morgan fingerprint density at radius 3 is 2.09 bits per heavy atom. The lowest BCUT2D eigenvalue weighted by Gasteiger charge is -2.26. The second kappa shape index (κ2) is 13.3. The molecule has 190 valence electrons. The van der Waals surface area contributed by atoms with E-state index < -0.39 is 66.3 Å². The number of carbonyl (C=O) groups excluding carboxylic acids is 4. The molecule has 0 bridgehead atoms. The summed E-state index contributed by atoms with van der Waals surface area (Å²) in [5.41, 5.74) is 11.7. The molecule has 1 rings (SSSR count). The van der Waals surface area contributed by atoms with Crippen LogP contribution in [-0.2, 0) is 30.4 Å². The number of rotatable bonds is 14. The largest absolute Gasteiger partial charge is 0.480 e. The lowest BCUT2D eigenvalue weighted by Crippen LogP contribution is -2.59. The maximum atomic E-state index is 12.9. The smallest absolute Gasteiger partial charge is 0.328 e. The van der Waals surface area contributed by atoms with E-state index in [0.29, 0.717) is 5.69 Å². The van der Waals surface area contributed by atoms with Crippen LogP contribution in [0.4, 0.5) is 0 Å². The highest BCUT2D eigenvalue weighted by atomic mass is 16.4. The van der Waals surface area contributed by atoms with Crippen LogP contribution in [0.2, 0.25) is 0 Å². The third kappa shape index (κ3) is 9.54. The van der Waals surface area contributed by atoms with Crippen molar-refractivity contribution in [2.45, 2.75) is 70.3 Å². The maximum Gasteiger partial charge on any atom is 0.328 e. The van der Waals surface area contributed by atoms with Gasteiger partial charge in [-0.2, -0.15) is 0 Å². The number of aromatic nitrogens is 2. The SMILES string of the molecule is CC(C)CC(NC(=O)C(CC(N)=O)NC(=O)C(N)Cc1cnc[nH]1)C(=O)NC(C(=O)O)C(C)O. The molecule has 0 saturated heterocycles. The second-order valence-corrected chi connectivity index (χ2v) is 8.37. The Balaban J connectivity index is 2.95. The van der Waals surface area contributed by atoms with Crippen molar-refractivity contribution in [1.29, 1.82) is 0 Å². The minimum atomic E-state index is -1.60. The van der Waals surface area contributed by atoms with Crippen molar-refractivity contribution in [3.63, 3.8) is 0 Å². The number of nitrogens with zero attached hydrogens (tertiary/aromatic N) is 1. The van der Waals surface area contributed by atoms with E-state index in [9.17, 15) is 34.2 Å². The van der Waals surface area contributed by atoms with Crippen LogP contribution in [-0.4, -0.2) is 80.1 Å². The number of carboxylic acid groups (broad SMARTS) is 1. The van der Waals surface area contributed by atoms with Crippen molar-refractivity contribution < 1.29 is 34.2 Å². The number of hydrogen-bond acceptors (Lipinski definition) is 8. The second-order valence-electron chi connectivity index (χ2n) is 8.37. The molecule has 0 aliphatic carbocycles. The number of aliphatic hydroxyl groups is 1. The molecule has 5 unspecified atom stereocenters. The number of nitrogens with two attached hydrogens (primary N) is 2. The number of aliphatic carboxylic acids is 1. The van der Waals surface area contributed by atoms with Gasteiger partial charge in [0.25, 0.3) is 0 Å². The van der Waals surface area contributed by atoms with Crippen molar-refractivity contribution >= 4 is 29.6 Å². The summed E-state index contributed by atoms with van der Waals surface area (Å²) in [6, 6.07) is -5.30. The number of carboxylic acids is 1. The number of H-pyrrole nitrogens is 1. The summed E-state index contributed by atoms with van der Waals surface area (Å²) < 4.78 is 0. The standard InChI is InChI=1S/C20H33N7O7/c1-9(2)4-13(19(32)27-16(10(3)28)20(33)34)26-18(31)14(6-15(22)29)25-17(30)12(21)5-11-7-23-8-24-11/h7-10,12-14,16,28H,4-6,21H2,1-3H3,(H2,22,29)(H,23,24)(H,25,30)(H,26,31)(H,27,32)(H,33,34). The van der Waals surface area contributed by atoms with Crippen LogP contribution in [0.25, 0.3) is 0 Å². The lowest BCUT2D eigenvalue weighted by molar-refractivity contribution is -0.145. The minimum absolute atomic E-state index is 0.0883. The van der Waals surface area contributed by atoms with Crippen molar-refractivity contribution in [3.8, 4) is 0 Å². The number of primary amides is 1. The fourth-order valence-corrected chi connectivity index (χ4v) is 3.03. The van der Waals surface area contributed by atoms with E-state index in [1.54, 1.807) is 13.8 Å². The number of hydrogen-bond donors (Lipinski definition) is 8. The average Bonchev–Trinajstić information content (AvgIpc) is 3.22. The Morgan fingerprint density at radius 2 is 1.62 bits per heavy atom. The molecule has 4 amide bonds. The van der Waals surface area contributed by atoms with E-state index in [1.807, 2.05) is 0 Å². The Bertz CT molecular complexity index is 857. The van der Waals surface area contributed by atoms with Gasteiger partial charge in [0.05, 0.1) is 24.9 Å². The average molecular weight is 484 g/mol. The first-order valence-electron chi connectivity index (χ1n) is 10.6. The van der Waals surface area contributed by atoms with Crippen molar-refractivity contribution in [2.24, 2.45) is 17.4 Å². The van der Waals surface area contributed by atoms with E-state index in [-0.39, 0.29) is 18.8 Å². The summed E-state index contributed by atoms with van der Waals surface area (Å²) in [5.74, 6) is -4.91. The van der Waals surface area contributed by atoms with Gasteiger partial charge < -0.3 is 42.6 Å². The zero-order valence-electron chi connectivity index (χ0n) is 19.3. The summed E-state index contributed by atoms with van der Waals surface area (Å²) in [5, 5.41) is 25.8. The minimum Gasteiger partial charge on any atom is -0.480 e. The van der Waals surface area contributed by atoms with Gasteiger partial charge in [-0.05, 0) is 19.3 Å². The van der Waals surface area contributed by atoms with E-state index in [4.69, 9.17) is 11.5 Å². The first-order chi connectivity index (χ1) is 15.8. The van der Waals surface area contributed by atoms with Crippen LogP contribution in [0.1, 0.15) is 39.3 Å². The fourth-order valence-electron chi connectivity index (χ4n) is 3.03. The quantitative estimate of drug-likeness (QED) is 0.135. The normalized spacial score (nSPS) is 15.5. The predicted molar refractivity (Wildman–Crippen MR) is 119 cm³/mol. The van der Waals surface area contributed by atoms with E-state index in [1.165, 1.54) is 19.4 Å². The highest BCUT2D eigenvalue weighted by molar-refractivity contribution is 5.96. The van der Waals surface area contributed by atoms with Gasteiger partial charge >= 0.3 is 5.97 Å². The van der Waals surface area contributed by atoms with Crippen molar-refractivity contribution in [1.82, 2.24) is 25.9 Å². The van der Waals surface area contributed by atoms with Crippen LogP contribution in [0.3, 0.4) is 0 Å². The molecule has 10 N–H and O–H groups in total. The predicted octanol–water partition coefficient (Wildman–Crippen LogP) is -2.88. The fraction of sp³-hybridized carbons (Fsp3) is 0.600. The molecule has 1 aromatic heterocycles. The topological polar surface area (TPSA) is 243 Å². The molecular formula is C20H33N7O7. The molecule has 1 heterocycles. The number of carbonyl (C=O) groups is 5. The third-order valence-electron chi connectivity index (χ3n) is 4.76. The van der Waals surface area contributed by atoms with Crippen molar-refractivity contribution in [2.75, 3.05) is 0 Å². The summed E-state index contributed by atoms with van der Waals surface area (Å²) in [6.07, 6.45) is 1.14. The third-order valence-corrected chi connectivity index (χ3v) is 4.76.